The third-order valence-electron chi connectivity index (χ3n) is 2.72. The summed E-state index contributed by atoms with van der Waals surface area (Å²) in [5.41, 5.74) is 6.12. The van der Waals surface area contributed by atoms with Crippen molar-refractivity contribution in [3.8, 4) is 0 Å². The largest absolute Gasteiger partial charge is 0.469 e. The predicted octanol–water partition coefficient (Wildman–Crippen LogP) is 0.584. The highest BCUT2D eigenvalue weighted by Gasteiger charge is 2.10. The fraction of sp³-hybridized carbons (Fsp3) is 0.286. The molecule has 0 unspecified atom stereocenters. The Bertz CT molecular complexity index is 589. The predicted molar refractivity (Wildman–Crippen MR) is 83.8 cm³/mol. The number of rotatable bonds is 4. The van der Waals surface area contributed by atoms with E-state index in [2.05, 4.69) is 20.9 Å². The maximum absolute atomic E-state index is 11.9. The van der Waals surface area contributed by atoms with Gasteiger partial charge < -0.3 is 10.1 Å². The fourth-order valence-electron chi connectivity index (χ4n) is 1.55. The summed E-state index contributed by atoms with van der Waals surface area (Å²) in [5, 5.41) is 2.28. The van der Waals surface area contributed by atoms with Gasteiger partial charge in [-0.2, -0.15) is 0 Å². The van der Waals surface area contributed by atoms with Gasteiger partial charge in [0, 0.05) is 12.0 Å². The Kier molecular flexibility index (Phi) is 6.97. The van der Waals surface area contributed by atoms with Crippen molar-refractivity contribution >= 4 is 35.1 Å². The van der Waals surface area contributed by atoms with Gasteiger partial charge in [0.1, 0.15) is 0 Å². The number of methoxy groups -OCH3 is 1. The molecule has 0 radical (unpaired) electrons. The van der Waals surface area contributed by atoms with Crippen molar-refractivity contribution in [2.75, 3.05) is 7.11 Å². The average Bonchev–Trinajstić information content (AvgIpc) is 2.50. The number of hydrogen-bond acceptors (Lipinski definition) is 5. The minimum atomic E-state index is -0.484. The molecule has 0 bridgehead atoms. The summed E-state index contributed by atoms with van der Waals surface area (Å²) in [7, 11) is 1.24. The summed E-state index contributed by atoms with van der Waals surface area (Å²) in [6.07, 6.45) is -0.0965. The summed E-state index contributed by atoms with van der Waals surface area (Å²) in [5.74, 6) is -1.31. The monoisotopic (exact) mass is 323 g/mol. The second-order valence-corrected chi connectivity index (χ2v) is 4.76. The van der Waals surface area contributed by atoms with E-state index in [4.69, 9.17) is 12.2 Å². The molecule has 0 aliphatic rings. The Morgan fingerprint density at radius 1 is 1.14 bits per heavy atom. The highest BCUT2D eigenvalue weighted by molar-refractivity contribution is 7.80. The Balaban J connectivity index is 2.37. The van der Waals surface area contributed by atoms with Crippen molar-refractivity contribution < 1.29 is 19.1 Å². The average molecular weight is 323 g/mol. The normalized spacial score (nSPS) is 9.55. The van der Waals surface area contributed by atoms with Gasteiger partial charge in [-0.25, -0.2) is 0 Å². The standard InChI is InChI=1S/C14H17N3O4S/c1-9-5-3-4-6-10(9)13(20)16-17-14(22)15-11(18)7-8-12(19)21-2/h3-6H,7-8H2,1-2H3,(H,16,20)(H2,15,17,18,22). The number of ether oxygens (including phenoxy) is 1. The molecule has 118 valence electrons. The van der Waals surface area contributed by atoms with Crippen LogP contribution in [0.2, 0.25) is 0 Å². The molecule has 8 heteroatoms. The van der Waals surface area contributed by atoms with Crippen molar-refractivity contribution in [3.05, 3.63) is 35.4 Å². The van der Waals surface area contributed by atoms with Crippen molar-refractivity contribution in [3.63, 3.8) is 0 Å². The smallest absolute Gasteiger partial charge is 0.306 e. The lowest BCUT2D eigenvalue weighted by Gasteiger charge is -2.11. The van der Waals surface area contributed by atoms with Gasteiger partial charge in [-0.15, -0.1) is 0 Å². The van der Waals surface area contributed by atoms with Crippen LogP contribution in [0.1, 0.15) is 28.8 Å². The van der Waals surface area contributed by atoms with Gasteiger partial charge in [-0.05, 0) is 30.8 Å². The first-order valence-electron chi connectivity index (χ1n) is 6.46. The number of hydrogen-bond donors (Lipinski definition) is 3. The molecule has 3 N–H and O–H groups in total. The van der Waals surface area contributed by atoms with Gasteiger partial charge in [-0.1, -0.05) is 18.2 Å². The van der Waals surface area contributed by atoms with E-state index >= 15 is 0 Å². The van der Waals surface area contributed by atoms with Crippen LogP contribution in [0.5, 0.6) is 0 Å². The lowest BCUT2D eigenvalue weighted by Crippen LogP contribution is -2.48. The molecular weight excluding hydrogens is 306 g/mol. The highest BCUT2D eigenvalue weighted by Crippen LogP contribution is 2.05. The molecule has 22 heavy (non-hydrogen) atoms. The summed E-state index contributed by atoms with van der Waals surface area (Å²) >= 11 is 4.87. The van der Waals surface area contributed by atoms with Gasteiger partial charge in [0.25, 0.3) is 5.91 Å². The minimum Gasteiger partial charge on any atom is -0.469 e. The molecule has 1 aromatic carbocycles. The van der Waals surface area contributed by atoms with Gasteiger partial charge >= 0.3 is 5.97 Å². The Morgan fingerprint density at radius 3 is 2.45 bits per heavy atom. The highest BCUT2D eigenvalue weighted by atomic mass is 32.1. The van der Waals surface area contributed by atoms with Crippen LogP contribution in [0, 0.1) is 6.92 Å². The van der Waals surface area contributed by atoms with Crippen LogP contribution in [0.3, 0.4) is 0 Å². The van der Waals surface area contributed by atoms with Crippen LogP contribution in [-0.2, 0) is 14.3 Å². The van der Waals surface area contributed by atoms with E-state index in [0.29, 0.717) is 5.56 Å². The van der Waals surface area contributed by atoms with Crippen molar-refractivity contribution in [1.82, 2.24) is 16.2 Å². The zero-order valence-corrected chi connectivity index (χ0v) is 13.1. The number of carbonyl (C=O) groups is 3. The molecular formula is C14H17N3O4S. The molecule has 1 aromatic rings. The zero-order chi connectivity index (χ0) is 16.5. The maximum atomic E-state index is 11.9. The van der Waals surface area contributed by atoms with Gasteiger partial charge in [0.05, 0.1) is 13.5 Å². The van der Waals surface area contributed by atoms with Crippen LogP contribution in [-0.4, -0.2) is 30.0 Å². The molecule has 0 saturated carbocycles. The number of thiocarbonyl (C=S) groups is 1. The van der Waals surface area contributed by atoms with Gasteiger partial charge in [-0.3, -0.25) is 25.2 Å². The summed E-state index contributed by atoms with van der Waals surface area (Å²) in [4.78, 5) is 34.3. The number of carbonyl (C=O) groups excluding carboxylic acids is 3. The second-order valence-electron chi connectivity index (χ2n) is 4.35. The number of aryl methyl sites for hydroxylation is 1. The fourth-order valence-corrected chi connectivity index (χ4v) is 1.71. The van der Waals surface area contributed by atoms with E-state index in [1.54, 1.807) is 12.1 Å². The first-order chi connectivity index (χ1) is 10.4. The third kappa shape index (κ3) is 5.88. The number of benzene rings is 1. The van der Waals surface area contributed by atoms with Crippen molar-refractivity contribution in [2.24, 2.45) is 0 Å². The number of nitrogens with one attached hydrogen (secondary N) is 3. The molecule has 0 atom stereocenters. The number of hydrazine groups is 1. The maximum Gasteiger partial charge on any atom is 0.306 e. The van der Waals surface area contributed by atoms with Crippen LogP contribution in [0.4, 0.5) is 0 Å². The second kappa shape index (κ2) is 8.73. The molecule has 7 nitrogen and oxygen atoms in total. The van der Waals surface area contributed by atoms with E-state index < -0.39 is 11.9 Å². The lowest BCUT2D eigenvalue weighted by atomic mass is 10.1. The molecule has 0 aromatic heterocycles. The van der Waals surface area contributed by atoms with Crippen molar-refractivity contribution in [2.45, 2.75) is 19.8 Å². The lowest BCUT2D eigenvalue weighted by molar-refractivity contribution is -0.142. The summed E-state index contributed by atoms with van der Waals surface area (Å²) in [6.45, 7) is 1.81. The zero-order valence-electron chi connectivity index (χ0n) is 12.3. The molecule has 1 rings (SSSR count). The van der Waals surface area contributed by atoms with E-state index in [-0.39, 0.29) is 23.9 Å². The SMILES string of the molecule is COC(=O)CCC(=O)NC(=S)NNC(=O)c1ccccc1C. The van der Waals surface area contributed by atoms with E-state index in [0.717, 1.165) is 5.56 Å². The van der Waals surface area contributed by atoms with Crippen LogP contribution >= 0.6 is 12.2 Å². The molecule has 0 fully saturated rings. The van der Waals surface area contributed by atoms with E-state index in [1.165, 1.54) is 7.11 Å². The molecule has 0 spiro atoms. The van der Waals surface area contributed by atoms with Crippen LogP contribution < -0.4 is 16.2 Å². The third-order valence-corrected chi connectivity index (χ3v) is 2.92. The number of esters is 1. The summed E-state index contributed by atoms with van der Waals surface area (Å²) < 4.78 is 4.42. The first kappa shape index (κ1) is 17.6. The Morgan fingerprint density at radius 2 is 1.82 bits per heavy atom. The molecule has 0 heterocycles. The molecule has 0 aliphatic carbocycles. The Hall–Kier alpha value is -2.48. The van der Waals surface area contributed by atoms with E-state index in [1.807, 2.05) is 19.1 Å². The quantitative estimate of drug-likeness (QED) is 0.426. The van der Waals surface area contributed by atoms with Crippen LogP contribution in [0.25, 0.3) is 0 Å². The van der Waals surface area contributed by atoms with Gasteiger partial charge in [0.15, 0.2) is 5.11 Å². The molecule has 2 amide bonds. The molecule has 0 saturated heterocycles. The summed E-state index contributed by atoms with van der Waals surface area (Å²) in [6, 6.07) is 7.05. The number of amides is 2. The first-order valence-corrected chi connectivity index (χ1v) is 6.87. The Labute approximate surface area is 133 Å². The van der Waals surface area contributed by atoms with Gasteiger partial charge in [0.2, 0.25) is 5.91 Å². The van der Waals surface area contributed by atoms with Crippen LogP contribution in [0.15, 0.2) is 24.3 Å². The van der Waals surface area contributed by atoms with Crippen molar-refractivity contribution in [1.29, 1.82) is 0 Å². The minimum absolute atomic E-state index is 0.0412. The molecule has 0 aliphatic heterocycles. The van der Waals surface area contributed by atoms with E-state index in [9.17, 15) is 14.4 Å². The topological polar surface area (TPSA) is 96.5 Å².